The van der Waals surface area contributed by atoms with Gasteiger partial charge < -0.3 is 5.11 Å². The summed E-state index contributed by atoms with van der Waals surface area (Å²) in [6, 6.07) is 0. The molecule has 0 amide bonds. The third-order valence-electron chi connectivity index (χ3n) is 2.46. The van der Waals surface area contributed by atoms with Crippen molar-refractivity contribution in [1.82, 2.24) is 4.31 Å². The maximum atomic E-state index is 11.2. The number of aliphatic hydroxyl groups excluding tert-OH is 1. The number of aliphatic hydroxyl groups is 1. The molecule has 0 spiro atoms. The normalized spacial score (nSPS) is 27.1. The Morgan fingerprint density at radius 2 is 2.15 bits per heavy atom. The molecule has 0 bridgehead atoms. The van der Waals surface area contributed by atoms with E-state index in [0.717, 1.165) is 19.3 Å². The van der Waals surface area contributed by atoms with Crippen LogP contribution < -0.4 is 0 Å². The molecule has 1 N–H and O–H groups in total. The van der Waals surface area contributed by atoms with Crippen molar-refractivity contribution >= 4 is 10.0 Å². The van der Waals surface area contributed by atoms with Gasteiger partial charge in [-0.2, -0.15) is 0 Å². The van der Waals surface area contributed by atoms with E-state index >= 15 is 0 Å². The van der Waals surface area contributed by atoms with Crippen LogP contribution in [0, 0.1) is 5.92 Å². The van der Waals surface area contributed by atoms with E-state index in [0.29, 0.717) is 13.1 Å². The van der Waals surface area contributed by atoms with Gasteiger partial charge in [-0.15, -0.1) is 0 Å². The van der Waals surface area contributed by atoms with E-state index < -0.39 is 10.0 Å². The maximum absolute atomic E-state index is 11.2. The second-order valence-corrected chi connectivity index (χ2v) is 5.65. The summed E-state index contributed by atoms with van der Waals surface area (Å²) in [5, 5.41) is 8.98. The molecular formula is C8H17NO3S. The van der Waals surface area contributed by atoms with Gasteiger partial charge in [0.25, 0.3) is 0 Å². The van der Waals surface area contributed by atoms with E-state index in [-0.39, 0.29) is 12.5 Å². The molecule has 0 aromatic rings. The highest BCUT2D eigenvalue weighted by molar-refractivity contribution is 7.88. The van der Waals surface area contributed by atoms with Crippen molar-refractivity contribution < 1.29 is 13.5 Å². The quantitative estimate of drug-likeness (QED) is 0.695. The molecule has 78 valence electrons. The molecule has 0 radical (unpaired) electrons. The summed E-state index contributed by atoms with van der Waals surface area (Å²) in [6.45, 7) is 1.18. The molecule has 1 rings (SSSR count). The minimum absolute atomic E-state index is 0.0893. The summed E-state index contributed by atoms with van der Waals surface area (Å²) in [4.78, 5) is 0. The first-order chi connectivity index (χ1) is 6.04. The van der Waals surface area contributed by atoms with Gasteiger partial charge in [0.2, 0.25) is 10.0 Å². The molecule has 5 heteroatoms. The van der Waals surface area contributed by atoms with Gasteiger partial charge in [-0.05, 0) is 18.8 Å². The highest BCUT2D eigenvalue weighted by Crippen LogP contribution is 2.17. The molecular weight excluding hydrogens is 190 g/mol. The molecule has 0 aromatic heterocycles. The van der Waals surface area contributed by atoms with Crippen LogP contribution in [0.5, 0.6) is 0 Å². The van der Waals surface area contributed by atoms with E-state index in [1.54, 1.807) is 0 Å². The van der Waals surface area contributed by atoms with Crippen molar-refractivity contribution in [3.05, 3.63) is 0 Å². The standard InChI is InChI=1S/C8H17NO3S/c1-13(11,12)9-5-3-2-4-8(6-9)7-10/h8,10H,2-7H2,1H3. The van der Waals surface area contributed by atoms with Gasteiger partial charge in [0.05, 0.1) is 6.26 Å². The van der Waals surface area contributed by atoms with Crippen LogP contribution in [-0.4, -0.2) is 43.8 Å². The second-order valence-electron chi connectivity index (χ2n) is 3.67. The Balaban J connectivity index is 2.65. The first-order valence-electron chi connectivity index (χ1n) is 4.60. The fourth-order valence-electron chi connectivity index (χ4n) is 1.64. The lowest BCUT2D eigenvalue weighted by Gasteiger charge is -2.20. The van der Waals surface area contributed by atoms with Gasteiger partial charge in [0.15, 0.2) is 0 Å². The Labute approximate surface area is 79.6 Å². The van der Waals surface area contributed by atoms with E-state index in [4.69, 9.17) is 5.11 Å². The molecule has 1 heterocycles. The number of nitrogens with zero attached hydrogens (tertiary/aromatic N) is 1. The minimum Gasteiger partial charge on any atom is -0.396 e. The predicted octanol–water partition coefficient (Wildman–Crippen LogP) is 0.0404. The summed E-state index contributed by atoms with van der Waals surface area (Å²) in [5.74, 6) is 0.122. The van der Waals surface area contributed by atoms with Gasteiger partial charge >= 0.3 is 0 Å². The lowest BCUT2D eigenvalue weighted by atomic mass is 10.1. The van der Waals surface area contributed by atoms with E-state index in [2.05, 4.69) is 0 Å². The zero-order valence-corrected chi connectivity index (χ0v) is 8.76. The van der Waals surface area contributed by atoms with Crippen molar-refractivity contribution in [1.29, 1.82) is 0 Å². The van der Waals surface area contributed by atoms with Gasteiger partial charge in [0.1, 0.15) is 0 Å². The second kappa shape index (κ2) is 4.39. The zero-order valence-electron chi connectivity index (χ0n) is 7.94. The Morgan fingerprint density at radius 3 is 2.69 bits per heavy atom. The van der Waals surface area contributed by atoms with Crippen molar-refractivity contribution in [3.63, 3.8) is 0 Å². The van der Waals surface area contributed by atoms with Crippen LogP contribution in [0.25, 0.3) is 0 Å². The Bertz CT molecular complexity index is 250. The molecule has 1 aliphatic rings. The largest absolute Gasteiger partial charge is 0.396 e. The van der Waals surface area contributed by atoms with Crippen LogP contribution in [0.3, 0.4) is 0 Å². The highest BCUT2D eigenvalue weighted by atomic mass is 32.2. The molecule has 1 aliphatic heterocycles. The van der Waals surface area contributed by atoms with Crippen molar-refractivity contribution in [2.75, 3.05) is 26.0 Å². The van der Waals surface area contributed by atoms with Crippen molar-refractivity contribution in [3.8, 4) is 0 Å². The minimum atomic E-state index is -3.07. The van der Waals surface area contributed by atoms with Crippen molar-refractivity contribution in [2.24, 2.45) is 5.92 Å². The fraction of sp³-hybridized carbons (Fsp3) is 1.00. The van der Waals surface area contributed by atoms with Gasteiger partial charge in [-0.25, -0.2) is 12.7 Å². The zero-order chi connectivity index (χ0) is 9.90. The molecule has 0 aromatic carbocycles. The smallest absolute Gasteiger partial charge is 0.211 e. The fourth-order valence-corrected chi connectivity index (χ4v) is 2.58. The first kappa shape index (κ1) is 10.9. The molecule has 1 fully saturated rings. The lowest BCUT2D eigenvalue weighted by Crippen LogP contribution is -2.34. The average molecular weight is 207 g/mol. The Morgan fingerprint density at radius 1 is 1.46 bits per heavy atom. The third kappa shape index (κ3) is 3.25. The summed E-state index contributed by atoms with van der Waals surface area (Å²) in [5.41, 5.74) is 0. The Hall–Kier alpha value is -0.130. The van der Waals surface area contributed by atoms with Crippen LogP contribution in [0.4, 0.5) is 0 Å². The first-order valence-corrected chi connectivity index (χ1v) is 6.45. The molecule has 13 heavy (non-hydrogen) atoms. The molecule has 4 nitrogen and oxygen atoms in total. The third-order valence-corrected chi connectivity index (χ3v) is 3.73. The summed E-state index contributed by atoms with van der Waals surface area (Å²) in [7, 11) is -3.07. The summed E-state index contributed by atoms with van der Waals surface area (Å²) >= 11 is 0. The van der Waals surface area contributed by atoms with Crippen LogP contribution in [0.15, 0.2) is 0 Å². The van der Waals surface area contributed by atoms with Crippen LogP contribution in [0.2, 0.25) is 0 Å². The number of rotatable bonds is 2. The van der Waals surface area contributed by atoms with E-state index in [1.165, 1.54) is 10.6 Å². The average Bonchev–Trinajstić information content (AvgIpc) is 2.27. The van der Waals surface area contributed by atoms with E-state index in [1.807, 2.05) is 0 Å². The SMILES string of the molecule is CS(=O)(=O)N1CCCCC(CO)C1. The van der Waals surface area contributed by atoms with Crippen LogP contribution in [-0.2, 0) is 10.0 Å². The highest BCUT2D eigenvalue weighted by Gasteiger charge is 2.23. The van der Waals surface area contributed by atoms with Gasteiger partial charge in [0, 0.05) is 19.7 Å². The topological polar surface area (TPSA) is 57.6 Å². The molecule has 0 saturated carbocycles. The molecule has 1 saturated heterocycles. The van der Waals surface area contributed by atoms with Crippen molar-refractivity contribution in [2.45, 2.75) is 19.3 Å². The van der Waals surface area contributed by atoms with Crippen LogP contribution in [0.1, 0.15) is 19.3 Å². The maximum Gasteiger partial charge on any atom is 0.211 e. The summed E-state index contributed by atoms with van der Waals surface area (Å²) in [6.07, 6.45) is 4.08. The Kier molecular flexibility index (Phi) is 3.70. The number of hydrogen-bond donors (Lipinski definition) is 1. The van der Waals surface area contributed by atoms with Gasteiger partial charge in [-0.1, -0.05) is 6.42 Å². The molecule has 0 aliphatic carbocycles. The monoisotopic (exact) mass is 207 g/mol. The molecule has 1 unspecified atom stereocenters. The summed E-state index contributed by atoms with van der Waals surface area (Å²) < 4.78 is 24.0. The van der Waals surface area contributed by atoms with Gasteiger partial charge in [-0.3, -0.25) is 0 Å². The predicted molar refractivity (Wildman–Crippen MR) is 50.8 cm³/mol. The number of hydrogen-bond acceptors (Lipinski definition) is 3. The molecule has 1 atom stereocenters. The van der Waals surface area contributed by atoms with E-state index in [9.17, 15) is 8.42 Å². The lowest BCUT2D eigenvalue weighted by molar-refractivity contribution is 0.204. The van der Waals surface area contributed by atoms with Crippen LogP contribution >= 0.6 is 0 Å². The number of sulfonamides is 1.